The summed E-state index contributed by atoms with van der Waals surface area (Å²) >= 11 is 0. The van der Waals surface area contributed by atoms with E-state index in [2.05, 4.69) is 9.71 Å². The predicted octanol–water partition coefficient (Wildman–Crippen LogP) is 4.03. The number of hydrogen-bond acceptors (Lipinski definition) is 3. The molecule has 2 heterocycles. The highest BCUT2D eigenvalue weighted by Crippen LogP contribution is 2.49. The first kappa shape index (κ1) is 23.9. The fraction of sp³-hybridized carbons (Fsp3) is 0.500. The number of pyridine rings is 1. The number of rotatable bonds is 7. The number of carbonyl (C=O) groups excluding carboxylic acids is 1. The molecular formula is C24H28F3N3O2S. The molecule has 1 amide bonds. The molecule has 0 spiro atoms. The van der Waals surface area contributed by atoms with E-state index in [1.165, 1.54) is 4.90 Å². The molecule has 3 atom stereocenters. The normalized spacial score (nSPS) is 24.0. The third-order valence-electron chi connectivity index (χ3n) is 6.59. The summed E-state index contributed by atoms with van der Waals surface area (Å²) in [6, 6.07) is 7.50. The second-order valence-electron chi connectivity index (χ2n) is 9.20. The molecule has 9 heteroatoms. The van der Waals surface area contributed by atoms with Crippen LogP contribution in [0.25, 0.3) is 11.3 Å². The van der Waals surface area contributed by atoms with Gasteiger partial charge in [0, 0.05) is 22.4 Å². The summed E-state index contributed by atoms with van der Waals surface area (Å²) in [5, 5.41) is 0. The van der Waals surface area contributed by atoms with Gasteiger partial charge in [0.15, 0.2) is 0 Å². The zero-order chi connectivity index (χ0) is 24.0. The summed E-state index contributed by atoms with van der Waals surface area (Å²) < 4.78 is 60.4. The van der Waals surface area contributed by atoms with E-state index in [0.29, 0.717) is 18.5 Å². The van der Waals surface area contributed by atoms with Gasteiger partial charge in [-0.15, -0.1) is 0 Å². The molecule has 0 radical (unpaired) electrons. The van der Waals surface area contributed by atoms with Crippen molar-refractivity contribution >= 4 is 16.9 Å². The number of aromatic nitrogens is 1. The minimum absolute atomic E-state index is 0.124. The Kier molecular flexibility index (Phi) is 6.39. The van der Waals surface area contributed by atoms with Crippen molar-refractivity contribution < 1.29 is 22.2 Å². The van der Waals surface area contributed by atoms with Crippen LogP contribution in [0.1, 0.15) is 37.9 Å². The summed E-state index contributed by atoms with van der Waals surface area (Å²) in [6.07, 6.45) is 1.16. The van der Waals surface area contributed by atoms with Gasteiger partial charge in [-0.1, -0.05) is 32.0 Å². The maximum atomic E-state index is 15.6. The quantitative estimate of drug-likeness (QED) is 0.652. The van der Waals surface area contributed by atoms with Crippen molar-refractivity contribution in [1.29, 1.82) is 0 Å². The van der Waals surface area contributed by atoms with Crippen LogP contribution in [0.3, 0.4) is 0 Å². The van der Waals surface area contributed by atoms with Gasteiger partial charge in [-0.3, -0.25) is 9.78 Å². The molecule has 2 aromatic rings. The minimum Gasteiger partial charge on any atom is -0.331 e. The molecule has 2 fully saturated rings. The van der Waals surface area contributed by atoms with E-state index in [-0.39, 0.29) is 29.2 Å². The van der Waals surface area contributed by atoms with E-state index < -0.39 is 46.8 Å². The highest BCUT2D eigenvalue weighted by molar-refractivity contribution is 7.83. The molecular weight excluding hydrogens is 451 g/mol. The molecule has 1 saturated carbocycles. The van der Waals surface area contributed by atoms with Gasteiger partial charge >= 0.3 is 0 Å². The van der Waals surface area contributed by atoms with E-state index in [4.69, 9.17) is 0 Å². The molecule has 2 aliphatic rings. The predicted molar refractivity (Wildman–Crippen MR) is 121 cm³/mol. The van der Waals surface area contributed by atoms with Crippen LogP contribution in [-0.4, -0.2) is 50.3 Å². The van der Waals surface area contributed by atoms with Gasteiger partial charge < -0.3 is 4.90 Å². The molecule has 1 aromatic carbocycles. The van der Waals surface area contributed by atoms with Crippen molar-refractivity contribution in [3.8, 4) is 11.3 Å². The minimum atomic E-state index is -3.29. The number of benzene rings is 1. The van der Waals surface area contributed by atoms with Crippen LogP contribution < -0.4 is 4.72 Å². The van der Waals surface area contributed by atoms with Crippen molar-refractivity contribution in [2.75, 3.05) is 12.3 Å². The van der Waals surface area contributed by atoms with E-state index in [9.17, 15) is 9.00 Å². The Balaban J connectivity index is 1.71. The zero-order valence-corrected chi connectivity index (χ0v) is 19.7. The highest BCUT2D eigenvalue weighted by atomic mass is 32.2. The van der Waals surface area contributed by atoms with Gasteiger partial charge in [0.2, 0.25) is 5.91 Å². The van der Waals surface area contributed by atoms with E-state index >= 15 is 13.2 Å². The van der Waals surface area contributed by atoms with Gasteiger partial charge in [-0.25, -0.2) is 22.1 Å². The number of nitrogens with one attached hydrogen (secondary N) is 1. The molecule has 1 aliphatic heterocycles. The van der Waals surface area contributed by atoms with Gasteiger partial charge in [0.25, 0.3) is 5.92 Å². The van der Waals surface area contributed by atoms with E-state index in [0.717, 1.165) is 5.69 Å². The lowest BCUT2D eigenvalue weighted by Gasteiger charge is -2.30. The number of alkyl halides is 2. The van der Waals surface area contributed by atoms with Crippen molar-refractivity contribution in [2.45, 2.75) is 58.0 Å². The van der Waals surface area contributed by atoms with Crippen LogP contribution >= 0.6 is 0 Å². The molecule has 1 aromatic heterocycles. The summed E-state index contributed by atoms with van der Waals surface area (Å²) in [5.74, 6) is -4.04. The summed E-state index contributed by atoms with van der Waals surface area (Å²) in [5.41, 5.74) is 1.01. The summed E-state index contributed by atoms with van der Waals surface area (Å²) in [4.78, 5) is 18.7. The van der Waals surface area contributed by atoms with Gasteiger partial charge in [0.1, 0.15) is 11.9 Å². The maximum absolute atomic E-state index is 15.6. The van der Waals surface area contributed by atoms with Crippen LogP contribution in [0.5, 0.6) is 0 Å². The Hall–Kier alpha value is -2.26. The van der Waals surface area contributed by atoms with Gasteiger partial charge in [-0.05, 0) is 49.9 Å². The van der Waals surface area contributed by atoms with Crippen LogP contribution in [0.2, 0.25) is 0 Å². The number of halogens is 3. The number of aryl methyl sites for hydroxylation is 1. The molecule has 178 valence electrons. The van der Waals surface area contributed by atoms with Crippen molar-refractivity contribution in [3.63, 3.8) is 0 Å². The first-order valence-electron chi connectivity index (χ1n) is 11.1. The molecule has 2 unspecified atom stereocenters. The van der Waals surface area contributed by atoms with E-state index in [1.54, 1.807) is 57.2 Å². The fourth-order valence-electron chi connectivity index (χ4n) is 4.35. The first-order valence-corrected chi connectivity index (χ1v) is 12.4. The maximum Gasteiger partial charge on any atom is 0.283 e. The van der Waals surface area contributed by atoms with Gasteiger partial charge in [-0.2, -0.15) is 0 Å². The Morgan fingerprint density at radius 3 is 2.58 bits per heavy atom. The zero-order valence-electron chi connectivity index (χ0n) is 18.9. The number of carbonyl (C=O) groups is 1. The smallest absolute Gasteiger partial charge is 0.283 e. The Morgan fingerprint density at radius 1 is 1.24 bits per heavy atom. The number of nitrogens with zero attached hydrogens (tertiary/aromatic N) is 2. The van der Waals surface area contributed by atoms with Crippen molar-refractivity contribution in [3.05, 3.63) is 53.5 Å². The summed E-state index contributed by atoms with van der Waals surface area (Å²) in [7, 11) is -1.69. The SMILES string of the molecule is CCS(=O)NC1[C@H](Cc2cccc(-c3cccc(C)n3)c2F)N(C(=O)C2(C)CC2)CC1(F)F. The largest absolute Gasteiger partial charge is 0.331 e. The van der Waals surface area contributed by atoms with Crippen molar-refractivity contribution in [1.82, 2.24) is 14.6 Å². The van der Waals surface area contributed by atoms with E-state index in [1.807, 2.05) is 0 Å². The molecule has 33 heavy (non-hydrogen) atoms. The molecule has 1 N–H and O–H groups in total. The molecule has 0 bridgehead atoms. The monoisotopic (exact) mass is 479 g/mol. The molecule has 5 nitrogen and oxygen atoms in total. The molecule has 1 aliphatic carbocycles. The van der Waals surface area contributed by atoms with Crippen LogP contribution in [0.15, 0.2) is 36.4 Å². The van der Waals surface area contributed by atoms with Crippen molar-refractivity contribution in [2.24, 2.45) is 5.41 Å². The molecule has 1 saturated heterocycles. The lowest BCUT2D eigenvalue weighted by Crippen LogP contribution is -2.51. The second-order valence-corrected chi connectivity index (χ2v) is 10.7. The Morgan fingerprint density at radius 2 is 1.94 bits per heavy atom. The van der Waals surface area contributed by atoms with Crippen LogP contribution in [-0.2, 0) is 22.2 Å². The number of hydrogen-bond donors (Lipinski definition) is 1. The average Bonchev–Trinajstić information content (AvgIpc) is 3.48. The number of likely N-dealkylation sites (tertiary alicyclic amines) is 1. The third kappa shape index (κ3) is 4.71. The second kappa shape index (κ2) is 8.83. The van der Waals surface area contributed by atoms with Gasteiger partial charge in [0.05, 0.1) is 29.3 Å². The Bertz CT molecular complexity index is 1090. The summed E-state index contributed by atoms with van der Waals surface area (Å²) in [6.45, 7) is 4.42. The highest BCUT2D eigenvalue weighted by Gasteiger charge is 2.60. The molecule has 4 rings (SSSR count). The lowest BCUT2D eigenvalue weighted by atomic mass is 9.95. The topological polar surface area (TPSA) is 62.3 Å². The fourth-order valence-corrected chi connectivity index (χ4v) is 5.13. The Labute approximate surface area is 194 Å². The van der Waals surface area contributed by atoms with Crippen LogP contribution in [0.4, 0.5) is 13.2 Å². The lowest BCUT2D eigenvalue weighted by molar-refractivity contribution is -0.138. The number of amides is 1. The average molecular weight is 480 g/mol. The first-order chi connectivity index (χ1) is 15.6. The third-order valence-corrected chi connectivity index (χ3v) is 7.63. The van der Waals surface area contributed by atoms with Crippen LogP contribution in [0, 0.1) is 18.2 Å². The standard InChI is InChI=1S/C24H28F3N3O2S/c1-4-33(32)29-21-19(30(14-24(21,26)27)22(31)23(3)11-12-23)13-16-8-6-9-17(20(16)25)18-10-5-7-15(2)28-18/h5-10,19,21,29H,4,11-14H2,1-3H3/t19-,21?,33?/m0/s1.